The first-order valence-electron chi connectivity index (χ1n) is 11.4. The van der Waals surface area contributed by atoms with Gasteiger partial charge in [0.2, 0.25) is 5.75 Å². The predicted molar refractivity (Wildman–Crippen MR) is 141 cm³/mol. The van der Waals surface area contributed by atoms with E-state index in [0.29, 0.717) is 17.2 Å². The van der Waals surface area contributed by atoms with Crippen LogP contribution in [0.4, 0.5) is 4.79 Å². The normalized spacial score (nSPS) is 12.1. The van der Waals surface area contributed by atoms with Gasteiger partial charge in [0.25, 0.3) is 0 Å². The average Bonchev–Trinajstić information content (AvgIpc) is 2.90. The lowest BCUT2D eigenvalue weighted by Crippen LogP contribution is -2.39. The van der Waals surface area contributed by atoms with E-state index in [1.54, 1.807) is 21.3 Å². The fourth-order valence-corrected chi connectivity index (χ4v) is 5.63. The fourth-order valence-electron chi connectivity index (χ4n) is 3.72. The maximum atomic E-state index is 12.8. The highest BCUT2D eigenvalue weighted by atomic mass is 28.3. The van der Waals surface area contributed by atoms with Crippen LogP contribution in [0.5, 0.6) is 17.2 Å². The van der Waals surface area contributed by atoms with Crippen molar-refractivity contribution in [2.75, 3.05) is 21.3 Å². The molecule has 0 aliphatic carbocycles. The molecule has 1 atom stereocenters. The van der Waals surface area contributed by atoms with E-state index >= 15 is 0 Å². The number of methoxy groups -OCH3 is 3. The molecular weight excluding hydrogens is 458 g/mol. The minimum Gasteiger partial charge on any atom is -0.493 e. The minimum absolute atomic E-state index is 0.183. The molecule has 0 heterocycles. The van der Waals surface area contributed by atoms with E-state index in [1.165, 1.54) is 5.19 Å². The second-order valence-electron chi connectivity index (χ2n) is 8.59. The second kappa shape index (κ2) is 12.1. The third-order valence-corrected chi connectivity index (χ3v) is 8.60. The lowest BCUT2D eigenvalue weighted by molar-refractivity contribution is 0.137. The number of hydrogen-bond acceptors (Lipinski definition) is 5. The summed E-state index contributed by atoms with van der Waals surface area (Å²) >= 11 is 0. The summed E-state index contributed by atoms with van der Waals surface area (Å²) in [4.78, 5) is 12.8. The van der Waals surface area contributed by atoms with E-state index in [1.807, 2.05) is 66.7 Å². The first-order valence-corrected chi connectivity index (χ1v) is 14.5. The van der Waals surface area contributed by atoms with Crippen LogP contribution in [-0.2, 0) is 11.3 Å². The third kappa shape index (κ3) is 6.89. The quantitative estimate of drug-likeness (QED) is 0.385. The molecule has 0 bridgehead atoms. The number of carbonyl (C=O) groups excluding carboxylic acids is 1. The van der Waals surface area contributed by atoms with Crippen molar-refractivity contribution in [3.05, 3.63) is 95.7 Å². The first kappa shape index (κ1) is 25.9. The molecule has 3 rings (SSSR count). The van der Waals surface area contributed by atoms with E-state index < -0.39 is 20.2 Å². The molecule has 0 aliphatic rings. The van der Waals surface area contributed by atoms with Crippen LogP contribution in [0.2, 0.25) is 13.1 Å². The molecule has 0 saturated carbocycles. The van der Waals surface area contributed by atoms with E-state index in [-0.39, 0.29) is 6.61 Å². The van der Waals surface area contributed by atoms with Gasteiger partial charge in [-0.1, -0.05) is 90.7 Å². The van der Waals surface area contributed by atoms with E-state index in [2.05, 4.69) is 36.2 Å². The van der Waals surface area contributed by atoms with Gasteiger partial charge in [0.05, 0.1) is 27.4 Å². The molecule has 1 N–H and O–H groups in total. The molecule has 7 heteroatoms. The number of rotatable bonds is 10. The van der Waals surface area contributed by atoms with Gasteiger partial charge in [-0.3, -0.25) is 0 Å². The largest absolute Gasteiger partial charge is 0.493 e. The van der Waals surface area contributed by atoms with E-state index in [4.69, 9.17) is 18.9 Å². The van der Waals surface area contributed by atoms with Crippen molar-refractivity contribution in [2.24, 2.45) is 0 Å². The Hall–Kier alpha value is -3.71. The Bertz CT molecular complexity index is 1110. The third-order valence-electron chi connectivity index (χ3n) is 5.76. The fraction of sp³-hybridized carbons (Fsp3) is 0.250. The molecule has 0 saturated heterocycles. The number of alkyl carbamates (subject to hydrolysis) is 1. The van der Waals surface area contributed by atoms with Crippen LogP contribution in [0.25, 0.3) is 0 Å². The van der Waals surface area contributed by atoms with Crippen molar-refractivity contribution >= 4 is 19.4 Å². The molecule has 0 fully saturated rings. The van der Waals surface area contributed by atoms with Crippen LogP contribution < -0.4 is 24.7 Å². The van der Waals surface area contributed by atoms with Gasteiger partial charge in [-0.15, -0.1) is 0 Å². The van der Waals surface area contributed by atoms with Gasteiger partial charge < -0.3 is 24.3 Å². The molecule has 1 unspecified atom stereocenters. The Balaban J connectivity index is 1.91. The van der Waals surface area contributed by atoms with Gasteiger partial charge in [0, 0.05) is 0 Å². The summed E-state index contributed by atoms with van der Waals surface area (Å²) in [6.45, 7) is 4.71. The predicted octanol–water partition coefficient (Wildman–Crippen LogP) is 5.39. The Morgan fingerprint density at radius 3 is 2.00 bits per heavy atom. The van der Waals surface area contributed by atoms with Crippen LogP contribution >= 0.6 is 0 Å². The second-order valence-corrected chi connectivity index (χ2v) is 12.9. The molecule has 3 aromatic rings. The Kier molecular flexibility index (Phi) is 8.97. The summed E-state index contributed by atoms with van der Waals surface area (Å²) < 4.78 is 22.0. The summed E-state index contributed by atoms with van der Waals surface area (Å²) in [6, 6.07) is 23.2. The van der Waals surface area contributed by atoms with Crippen LogP contribution in [-0.4, -0.2) is 35.5 Å². The maximum Gasteiger partial charge on any atom is 0.408 e. The highest BCUT2D eigenvalue weighted by Crippen LogP contribution is 2.40. The Morgan fingerprint density at radius 2 is 1.46 bits per heavy atom. The molecule has 3 aromatic carbocycles. The summed E-state index contributed by atoms with van der Waals surface area (Å²) in [5.74, 6) is 1.52. The number of ether oxygens (including phenoxy) is 4. The molecule has 0 aromatic heterocycles. The molecule has 35 heavy (non-hydrogen) atoms. The molecule has 184 valence electrons. The van der Waals surface area contributed by atoms with Crippen LogP contribution in [0.3, 0.4) is 0 Å². The highest BCUT2D eigenvalue weighted by molar-refractivity contribution is 6.93. The molecule has 1 amide bonds. The average molecular weight is 492 g/mol. The van der Waals surface area contributed by atoms with Crippen molar-refractivity contribution in [1.82, 2.24) is 5.32 Å². The maximum absolute atomic E-state index is 12.8. The van der Waals surface area contributed by atoms with E-state index in [0.717, 1.165) is 11.1 Å². The van der Waals surface area contributed by atoms with Crippen molar-refractivity contribution in [2.45, 2.75) is 25.7 Å². The number of benzene rings is 3. The zero-order chi connectivity index (χ0) is 25.3. The highest BCUT2D eigenvalue weighted by Gasteiger charge is 2.23. The topological polar surface area (TPSA) is 66.0 Å². The van der Waals surface area contributed by atoms with Gasteiger partial charge in [0.15, 0.2) is 11.5 Å². The van der Waals surface area contributed by atoms with Crippen LogP contribution in [0, 0.1) is 0 Å². The SMILES string of the molecule is COc1cc(C(/C=C/[Si](C)(C)c2ccccc2)NC(=O)OCc2ccccc2)cc(OC)c1OC. The van der Waals surface area contributed by atoms with Crippen molar-refractivity contribution in [3.8, 4) is 17.2 Å². The minimum atomic E-state index is -1.92. The summed E-state index contributed by atoms with van der Waals surface area (Å²) in [5.41, 5.74) is 3.92. The zero-order valence-corrected chi connectivity index (χ0v) is 21.9. The molecule has 0 aliphatic heterocycles. The van der Waals surface area contributed by atoms with Gasteiger partial charge >= 0.3 is 6.09 Å². The van der Waals surface area contributed by atoms with Crippen molar-refractivity contribution in [1.29, 1.82) is 0 Å². The number of nitrogens with one attached hydrogen (secondary N) is 1. The monoisotopic (exact) mass is 491 g/mol. The van der Waals surface area contributed by atoms with Gasteiger partial charge in [-0.25, -0.2) is 4.79 Å². The van der Waals surface area contributed by atoms with Gasteiger partial charge in [0.1, 0.15) is 14.7 Å². The molecule has 0 spiro atoms. The zero-order valence-electron chi connectivity index (χ0n) is 20.9. The van der Waals surface area contributed by atoms with Crippen LogP contribution in [0.1, 0.15) is 17.2 Å². The summed E-state index contributed by atoms with van der Waals surface area (Å²) in [5, 5.41) is 4.29. The van der Waals surface area contributed by atoms with Crippen molar-refractivity contribution in [3.63, 3.8) is 0 Å². The van der Waals surface area contributed by atoms with Gasteiger partial charge in [-0.2, -0.15) is 0 Å². The Morgan fingerprint density at radius 1 is 0.886 bits per heavy atom. The number of carbonyl (C=O) groups is 1. The summed E-state index contributed by atoms with van der Waals surface area (Å²) in [7, 11) is 2.78. The molecule has 6 nitrogen and oxygen atoms in total. The lowest BCUT2D eigenvalue weighted by atomic mass is 10.1. The van der Waals surface area contributed by atoms with Gasteiger partial charge in [-0.05, 0) is 23.3 Å². The summed E-state index contributed by atoms with van der Waals surface area (Å²) in [6.07, 6.45) is 1.50. The van der Waals surface area contributed by atoms with Crippen molar-refractivity contribution < 1.29 is 23.7 Å². The van der Waals surface area contributed by atoms with Crippen LogP contribution in [0.15, 0.2) is 84.6 Å². The van der Waals surface area contributed by atoms with E-state index in [9.17, 15) is 4.79 Å². The number of hydrogen-bond donors (Lipinski definition) is 1. The first-order chi connectivity index (χ1) is 16.9. The molecule has 0 radical (unpaired) electrons. The Labute approximate surface area is 208 Å². The number of amides is 1. The molecular formula is C28H33NO5Si. The lowest BCUT2D eigenvalue weighted by Gasteiger charge is -2.22. The smallest absolute Gasteiger partial charge is 0.408 e. The standard InChI is InChI=1S/C28H33NO5Si/c1-31-25-18-22(19-26(32-2)27(25)33-3)24(16-17-35(4,5)23-14-10-7-11-15-23)29-28(30)34-20-21-12-8-6-9-13-21/h6-19,24H,20H2,1-5H3,(H,29,30)/b17-16+.